The van der Waals surface area contributed by atoms with Crippen LogP contribution in [0, 0.1) is 17.0 Å². The van der Waals surface area contributed by atoms with E-state index in [1.165, 1.54) is 6.20 Å². The smallest absolute Gasteiger partial charge is 0.258 e. The van der Waals surface area contributed by atoms with E-state index in [9.17, 15) is 10.1 Å². The van der Waals surface area contributed by atoms with Gasteiger partial charge < -0.3 is 0 Å². The van der Waals surface area contributed by atoms with Gasteiger partial charge in [-0.15, -0.1) is 0 Å². The Morgan fingerprint density at radius 3 is 2.82 bits per heavy atom. The van der Waals surface area contributed by atoms with Crippen molar-refractivity contribution in [1.29, 1.82) is 0 Å². The fraction of sp³-hybridized carbons (Fsp3) is 0.167. The van der Waals surface area contributed by atoms with Crippen molar-refractivity contribution in [2.75, 3.05) is 0 Å². The summed E-state index contributed by atoms with van der Waals surface area (Å²) in [5.41, 5.74) is 0.657. The molecule has 11 heavy (non-hydrogen) atoms. The molecule has 0 spiro atoms. The van der Waals surface area contributed by atoms with Crippen molar-refractivity contribution in [2.45, 2.75) is 6.92 Å². The third-order valence-corrected chi connectivity index (χ3v) is 1.68. The summed E-state index contributed by atoms with van der Waals surface area (Å²) in [5, 5.41) is 10.3. The zero-order valence-corrected chi connectivity index (χ0v) is 7.33. The van der Waals surface area contributed by atoms with E-state index >= 15 is 0 Å². The molecule has 0 amide bonds. The van der Waals surface area contributed by atoms with Crippen molar-refractivity contribution in [3.8, 4) is 0 Å². The predicted octanol–water partition coefficient (Wildman–Crippen LogP) is 2.06. The molecule has 0 unspecified atom stereocenters. The molecule has 1 heterocycles. The van der Waals surface area contributed by atoms with Gasteiger partial charge in [0.1, 0.15) is 10.8 Å². The van der Waals surface area contributed by atoms with Crippen molar-refractivity contribution in [3.05, 3.63) is 32.5 Å². The molecule has 58 valence electrons. The van der Waals surface area contributed by atoms with Crippen LogP contribution in [0.15, 0.2) is 16.9 Å². The lowest BCUT2D eigenvalue weighted by Gasteiger charge is -1.94. The van der Waals surface area contributed by atoms with E-state index in [1.807, 2.05) is 0 Å². The van der Waals surface area contributed by atoms with Crippen LogP contribution in [0.5, 0.6) is 0 Å². The maximum atomic E-state index is 10.3. The molecule has 1 aromatic heterocycles. The Balaban J connectivity index is 3.20. The molecule has 0 atom stereocenters. The second-order valence-electron chi connectivity index (χ2n) is 2.05. The van der Waals surface area contributed by atoms with Crippen molar-refractivity contribution < 1.29 is 4.92 Å². The Kier molecular flexibility index (Phi) is 2.19. The molecule has 0 bridgehead atoms. The summed E-state index contributed by atoms with van der Waals surface area (Å²) in [4.78, 5) is 13.6. The van der Waals surface area contributed by atoms with Crippen LogP contribution < -0.4 is 0 Å². The summed E-state index contributed by atoms with van der Waals surface area (Å²) in [6.45, 7) is 1.67. The van der Waals surface area contributed by atoms with Gasteiger partial charge >= 0.3 is 0 Å². The van der Waals surface area contributed by atoms with Gasteiger partial charge in [-0.25, -0.2) is 4.98 Å². The standard InChI is InChI=1S/C6H5BrN2O2/c1-4-2-6(7)8-3-5(4)9(10)11/h2-3H,1H3. The molecule has 0 N–H and O–H groups in total. The number of rotatable bonds is 1. The molecule has 0 fully saturated rings. The van der Waals surface area contributed by atoms with Crippen LogP contribution in [-0.4, -0.2) is 9.91 Å². The Hall–Kier alpha value is -0.970. The van der Waals surface area contributed by atoms with Gasteiger partial charge in [0.2, 0.25) is 0 Å². The predicted molar refractivity (Wildman–Crippen MR) is 43.3 cm³/mol. The summed E-state index contributed by atoms with van der Waals surface area (Å²) in [5.74, 6) is 0. The van der Waals surface area contributed by atoms with Crippen molar-refractivity contribution >= 4 is 21.6 Å². The molecule has 1 aromatic rings. The van der Waals surface area contributed by atoms with Crippen molar-refractivity contribution in [1.82, 2.24) is 4.98 Å². The number of halogens is 1. The number of hydrogen-bond acceptors (Lipinski definition) is 3. The first-order valence-corrected chi connectivity index (χ1v) is 3.67. The summed E-state index contributed by atoms with van der Waals surface area (Å²) >= 11 is 3.11. The Bertz CT molecular complexity index is 301. The first-order chi connectivity index (χ1) is 5.11. The maximum absolute atomic E-state index is 10.3. The van der Waals surface area contributed by atoms with Crippen LogP contribution >= 0.6 is 15.9 Å². The lowest BCUT2D eigenvalue weighted by atomic mass is 10.3. The van der Waals surface area contributed by atoms with Crippen LogP contribution in [-0.2, 0) is 0 Å². The molecule has 0 saturated carbocycles. The van der Waals surface area contributed by atoms with Gasteiger partial charge in [0.05, 0.1) is 4.92 Å². The van der Waals surface area contributed by atoms with E-state index in [4.69, 9.17) is 0 Å². The second kappa shape index (κ2) is 2.96. The number of nitro groups is 1. The SMILES string of the molecule is Cc1cc(Br)ncc1[N+](=O)[O-]. The van der Waals surface area contributed by atoms with Crippen molar-refractivity contribution in [3.63, 3.8) is 0 Å². The highest BCUT2D eigenvalue weighted by Gasteiger charge is 2.09. The van der Waals surface area contributed by atoms with Gasteiger partial charge in [0.15, 0.2) is 0 Å². The number of hydrogen-bond donors (Lipinski definition) is 0. The minimum absolute atomic E-state index is 0.0493. The van der Waals surface area contributed by atoms with Crippen LogP contribution in [0.2, 0.25) is 0 Å². The summed E-state index contributed by atoms with van der Waals surface area (Å²) in [7, 11) is 0. The van der Waals surface area contributed by atoms with Gasteiger partial charge in [-0.05, 0) is 28.9 Å². The minimum Gasteiger partial charge on any atom is -0.258 e. The van der Waals surface area contributed by atoms with Gasteiger partial charge in [0, 0.05) is 5.56 Å². The maximum Gasteiger partial charge on any atom is 0.290 e. The molecule has 5 heteroatoms. The van der Waals surface area contributed by atoms with Crippen LogP contribution in [0.1, 0.15) is 5.56 Å². The first-order valence-electron chi connectivity index (χ1n) is 2.88. The van der Waals surface area contributed by atoms with Crippen LogP contribution in [0.25, 0.3) is 0 Å². The molecule has 4 nitrogen and oxygen atoms in total. The first kappa shape index (κ1) is 8.13. The largest absolute Gasteiger partial charge is 0.290 e. The van der Waals surface area contributed by atoms with E-state index in [-0.39, 0.29) is 5.69 Å². The normalized spacial score (nSPS) is 9.64. The Morgan fingerprint density at radius 1 is 1.73 bits per heavy atom. The number of aromatic nitrogens is 1. The molecule has 0 radical (unpaired) electrons. The lowest BCUT2D eigenvalue weighted by molar-refractivity contribution is -0.385. The number of nitrogens with zero attached hydrogens (tertiary/aromatic N) is 2. The average molecular weight is 217 g/mol. The van der Waals surface area contributed by atoms with Crippen LogP contribution in [0.4, 0.5) is 5.69 Å². The zero-order valence-electron chi connectivity index (χ0n) is 5.74. The fourth-order valence-corrected chi connectivity index (χ4v) is 1.15. The average Bonchev–Trinajstić information content (AvgIpc) is 1.85. The van der Waals surface area contributed by atoms with Gasteiger partial charge in [-0.2, -0.15) is 0 Å². The molecular formula is C6H5BrN2O2. The molecule has 1 rings (SSSR count). The van der Waals surface area contributed by atoms with E-state index in [0.717, 1.165) is 0 Å². The van der Waals surface area contributed by atoms with E-state index in [2.05, 4.69) is 20.9 Å². The van der Waals surface area contributed by atoms with Gasteiger partial charge in [0.25, 0.3) is 5.69 Å². The minimum atomic E-state index is -0.450. The summed E-state index contributed by atoms with van der Waals surface area (Å²) in [6, 6.07) is 1.61. The molecule has 0 aliphatic heterocycles. The second-order valence-corrected chi connectivity index (χ2v) is 2.86. The Labute approximate surface area is 71.5 Å². The summed E-state index contributed by atoms with van der Waals surface area (Å²) < 4.78 is 0.612. The highest BCUT2D eigenvalue weighted by molar-refractivity contribution is 9.10. The van der Waals surface area contributed by atoms with E-state index < -0.39 is 4.92 Å². The summed E-state index contributed by atoms with van der Waals surface area (Å²) in [6.07, 6.45) is 1.24. The zero-order chi connectivity index (χ0) is 8.43. The fourth-order valence-electron chi connectivity index (χ4n) is 0.706. The van der Waals surface area contributed by atoms with Gasteiger partial charge in [-0.3, -0.25) is 10.1 Å². The quantitative estimate of drug-likeness (QED) is 0.411. The third-order valence-electron chi connectivity index (χ3n) is 1.25. The molecular weight excluding hydrogens is 212 g/mol. The topological polar surface area (TPSA) is 56.0 Å². The van der Waals surface area contributed by atoms with Crippen LogP contribution in [0.3, 0.4) is 0 Å². The third kappa shape index (κ3) is 1.74. The monoisotopic (exact) mass is 216 g/mol. The van der Waals surface area contributed by atoms with E-state index in [1.54, 1.807) is 13.0 Å². The number of aryl methyl sites for hydroxylation is 1. The highest BCUT2D eigenvalue weighted by atomic mass is 79.9. The highest BCUT2D eigenvalue weighted by Crippen LogP contribution is 2.18. The molecule has 0 saturated heterocycles. The molecule has 0 aromatic carbocycles. The van der Waals surface area contributed by atoms with E-state index in [0.29, 0.717) is 10.2 Å². The molecule has 0 aliphatic carbocycles. The lowest BCUT2D eigenvalue weighted by Crippen LogP contribution is -1.92. The number of pyridine rings is 1. The molecule has 0 aliphatic rings. The van der Waals surface area contributed by atoms with Gasteiger partial charge in [-0.1, -0.05) is 0 Å². The van der Waals surface area contributed by atoms with Crippen molar-refractivity contribution in [2.24, 2.45) is 0 Å². The Morgan fingerprint density at radius 2 is 2.36 bits per heavy atom.